The molecule has 0 radical (unpaired) electrons. The summed E-state index contributed by atoms with van der Waals surface area (Å²) in [7, 11) is 1.89. The van der Waals surface area contributed by atoms with Crippen LogP contribution in [-0.4, -0.2) is 12.8 Å². The molecular formula is C50H45N. The third-order valence-corrected chi connectivity index (χ3v) is 9.98. The standard InChI is InChI=1S/C50H45N/c1-32-8-18-38(19-9-32)44-30-46(40-22-12-34(3)13-23-40)50(42-26-16-36(5)28-47(42)44)43-27-17-37(6)29-48(43)45(39-20-10-33(2)11-21-39)31-49(51-7)41-24-14-35(4)15-25-41/h8-31H,1-7H3/b45-31-,51-49?. The SMILES string of the molecule is CN=C(/C=C(/c1ccc(C)cc1)c1cc(C)ccc1-c1c(-c2ccc(C)cc2)cc(-c2ccc(C)cc2)c2cc(C)ccc12)c1ccc(C)cc1. The molecule has 0 unspecified atom stereocenters. The smallest absolute Gasteiger partial charge is 0.0649 e. The van der Waals surface area contributed by atoms with E-state index in [0.29, 0.717) is 0 Å². The van der Waals surface area contributed by atoms with E-state index in [4.69, 9.17) is 4.99 Å². The number of rotatable bonds is 7. The average molecular weight is 660 g/mol. The Hall–Kier alpha value is -5.79. The largest absolute Gasteiger partial charge is 0.288 e. The number of fused-ring (bicyclic) bond motifs is 1. The van der Waals surface area contributed by atoms with Gasteiger partial charge in [0, 0.05) is 7.05 Å². The van der Waals surface area contributed by atoms with Crippen molar-refractivity contribution in [1.29, 1.82) is 0 Å². The van der Waals surface area contributed by atoms with Gasteiger partial charge < -0.3 is 0 Å². The lowest BCUT2D eigenvalue weighted by atomic mass is 9.81. The minimum absolute atomic E-state index is 0.951. The lowest BCUT2D eigenvalue weighted by molar-refractivity contribution is 1.40. The van der Waals surface area contributed by atoms with Gasteiger partial charge in [0.05, 0.1) is 5.71 Å². The second-order valence-corrected chi connectivity index (χ2v) is 14.1. The molecule has 0 saturated heterocycles. The number of allylic oxidation sites excluding steroid dienone is 1. The van der Waals surface area contributed by atoms with Crippen LogP contribution in [0.3, 0.4) is 0 Å². The highest BCUT2D eigenvalue weighted by Gasteiger charge is 2.21. The van der Waals surface area contributed by atoms with Crippen molar-refractivity contribution in [3.05, 3.63) is 196 Å². The number of aryl methyl sites for hydroxylation is 6. The van der Waals surface area contributed by atoms with E-state index in [-0.39, 0.29) is 0 Å². The van der Waals surface area contributed by atoms with Gasteiger partial charge in [0.1, 0.15) is 0 Å². The van der Waals surface area contributed by atoms with Crippen molar-refractivity contribution in [2.24, 2.45) is 4.99 Å². The summed E-state index contributed by atoms with van der Waals surface area (Å²) in [5.74, 6) is 0. The lowest BCUT2D eigenvalue weighted by Gasteiger charge is -2.22. The highest BCUT2D eigenvalue weighted by molar-refractivity contribution is 6.16. The molecule has 0 saturated carbocycles. The highest BCUT2D eigenvalue weighted by Crippen LogP contribution is 2.46. The molecule has 1 nitrogen and oxygen atoms in total. The Labute approximate surface area is 303 Å². The van der Waals surface area contributed by atoms with Gasteiger partial charge >= 0.3 is 0 Å². The van der Waals surface area contributed by atoms with Crippen LogP contribution in [-0.2, 0) is 0 Å². The molecule has 0 aliphatic heterocycles. The van der Waals surface area contributed by atoms with Crippen LogP contribution in [0.15, 0.2) is 151 Å². The van der Waals surface area contributed by atoms with Crippen molar-refractivity contribution in [1.82, 2.24) is 0 Å². The molecule has 0 heterocycles. The Kier molecular flexibility index (Phi) is 9.39. The zero-order valence-electron chi connectivity index (χ0n) is 30.8. The third kappa shape index (κ3) is 6.98. The van der Waals surface area contributed by atoms with Crippen molar-refractivity contribution in [2.45, 2.75) is 41.5 Å². The Morgan fingerprint density at radius 2 is 0.882 bits per heavy atom. The lowest BCUT2D eigenvalue weighted by Crippen LogP contribution is -2.02. The van der Waals surface area contributed by atoms with Crippen LogP contribution < -0.4 is 0 Å². The van der Waals surface area contributed by atoms with Gasteiger partial charge in [-0.3, -0.25) is 4.99 Å². The van der Waals surface area contributed by atoms with E-state index < -0.39 is 0 Å². The van der Waals surface area contributed by atoms with Gasteiger partial charge in [-0.25, -0.2) is 0 Å². The molecule has 7 aromatic rings. The van der Waals surface area contributed by atoms with Crippen LogP contribution in [0.2, 0.25) is 0 Å². The first-order valence-electron chi connectivity index (χ1n) is 17.8. The van der Waals surface area contributed by atoms with E-state index in [2.05, 4.69) is 187 Å². The molecule has 0 amide bonds. The quantitative estimate of drug-likeness (QED) is 0.151. The number of aliphatic imine (C=N–C) groups is 1. The normalized spacial score (nSPS) is 12.1. The first-order valence-corrected chi connectivity index (χ1v) is 17.8. The van der Waals surface area contributed by atoms with Crippen LogP contribution in [0.4, 0.5) is 0 Å². The fourth-order valence-corrected chi connectivity index (χ4v) is 7.05. The maximum Gasteiger partial charge on any atom is 0.0649 e. The number of hydrogen-bond donors (Lipinski definition) is 0. The minimum atomic E-state index is 0.951. The summed E-state index contributed by atoms with van der Waals surface area (Å²) in [6, 6.07) is 51.9. The zero-order valence-corrected chi connectivity index (χ0v) is 30.8. The minimum Gasteiger partial charge on any atom is -0.288 e. The predicted octanol–water partition coefficient (Wildman–Crippen LogP) is 13.2. The van der Waals surface area contributed by atoms with Crippen molar-refractivity contribution in [3.63, 3.8) is 0 Å². The zero-order chi connectivity index (χ0) is 35.6. The number of nitrogens with zero attached hydrogens (tertiary/aromatic N) is 1. The van der Waals surface area contributed by atoms with E-state index in [9.17, 15) is 0 Å². The van der Waals surface area contributed by atoms with Crippen molar-refractivity contribution in [3.8, 4) is 33.4 Å². The van der Waals surface area contributed by atoms with E-state index in [0.717, 1.165) is 22.4 Å². The van der Waals surface area contributed by atoms with Gasteiger partial charge in [-0.05, 0) is 120 Å². The fourth-order valence-electron chi connectivity index (χ4n) is 7.05. The van der Waals surface area contributed by atoms with Crippen LogP contribution in [0.25, 0.3) is 49.7 Å². The summed E-state index contributed by atoms with van der Waals surface area (Å²) in [6.07, 6.45) is 2.28. The third-order valence-electron chi connectivity index (χ3n) is 9.98. The molecule has 7 aromatic carbocycles. The molecule has 1 heteroatoms. The Balaban J connectivity index is 1.59. The van der Waals surface area contributed by atoms with E-state index >= 15 is 0 Å². The van der Waals surface area contributed by atoms with Crippen molar-refractivity contribution >= 4 is 22.1 Å². The first-order chi connectivity index (χ1) is 24.7. The first kappa shape index (κ1) is 33.7. The van der Waals surface area contributed by atoms with Gasteiger partial charge in [0.2, 0.25) is 0 Å². The summed E-state index contributed by atoms with van der Waals surface area (Å²) in [5, 5.41) is 2.50. The molecule has 0 spiro atoms. The Bertz CT molecular complexity index is 2420. The van der Waals surface area contributed by atoms with Crippen LogP contribution in [0.5, 0.6) is 0 Å². The molecule has 0 aliphatic rings. The predicted molar refractivity (Wildman–Crippen MR) is 221 cm³/mol. The van der Waals surface area contributed by atoms with Crippen LogP contribution >= 0.6 is 0 Å². The molecule has 51 heavy (non-hydrogen) atoms. The highest BCUT2D eigenvalue weighted by atomic mass is 14.7. The van der Waals surface area contributed by atoms with E-state index in [1.54, 1.807) is 0 Å². The molecule has 0 aliphatic carbocycles. The maximum atomic E-state index is 4.85. The fraction of sp³-hybridized carbons (Fsp3) is 0.140. The number of benzene rings is 7. The van der Waals surface area contributed by atoms with Crippen LogP contribution in [0.1, 0.15) is 50.1 Å². The summed E-state index contributed by atoms with van der Waals surface area (Å²) < 4.78 is 0. The molecule has 7 rings (SSSR count). The average Bonchev–Trinajstić information content (AvgIpc) is 3.13. The van der Waals surface area contributed by atoms with E-state index in [1.165, 1.54) is 83.1 Å². The summed E-state index contributed by atoms with van der Waals surface area (Å²) in [6.45, 7) is 13.0. The molecular weight excluding hydrogens is 615 g/mol. The molecule has 0 atom stereocenters. The second-order valence-electron chi connectivity index (χ2n) is 14.1. The van der Waals surface area contributed by atoms with Gasteiger partial charge in [-0.15, -0.1) is 0 Å². The maximum absolute atomic E-state index is 4.85. The molecule has 250 valence electrons. The van der Waals surface area contributed by atoms with Gasteiger partial charge in [-0.1, -0.05) is 167 Å². The summed E-state index contributed by atoms with van der Waals surface area (Å²) in [4.78, 5) is 4.85. The molecule has 0 bridgehead atoms. The Morgan fingerprint density at radius 3 is 1.45 bits per heavy atom. The van der Waals surface area contributed by atoms with Crippen LogP contribution in [0, 0.1) is 41.5 Å². The molecule has 0 fully saturated rings. The van der Waals surface area contributed by atoms with E-state index in [1.807, 2.05) is 7.05 Å². The van der Waals surface area contributed by atoms with Gasteiger partial charge in [0.15, 0.2) is 0 Å². The summed E-state index contributed by atoms with van der Waals surface area (Å²) >= 11 is 0. The topological polar surface area (TPSA) is 12.4 Å². The molecule has 0 aromatic heterocycles. The molecule has 0 N–H and O–H groups in total. The number of hydrogen-bond acceptors (Lipinski definition) is 1. The van der Waals surface area contributed by atoms with Gasteiger partial charge in [-0.2, -0.15) is 0 Å². The van der Waals surface area contributed by atoms with Crippen molar-refractivity contribution in [2.75, 3.05) is 7.05 Å². The Morgan fingerprint density at radius 1 is 0.412 bits per heavy atom. The summed E-state index contributed by atoms with van der Waals surface area (Å²) in [5.41, 5.74) is 20.3. The second kappa shape index (κ2) is 14.2. The van der Waals surface area contributed by atoms with Gasteiger partial charge in [0.25, 0.3) is 0 Å². The van der Waals surface area contributed by atoms with Crippen molar-refractivity contribution < 1.29 is 0 Å². The monoisotopic (exact) mass is 659 g/mol.